The van der Waals surface area contributed by atoms with Gasteiger partial charge in [0.25, 0.3) is 5.56 Å². The Labute approximate surface area is 157 Å². The molecule has 0 atom stereocenters. The van der Waals surface area contributed by atoms with Crippen LogP contribution in [-0.2, 0) is 4.74 Å². The fraction of sp³-hybridized carbons (Fsp3) is 0.350. The zero-order valence-corrected chi connectivity index (χ0v) is 15.9. The highest BCUT2D eigenvalue weighted by molar-refractivity contribution is 5.90. The van der Waals surface area contributed by atoms with E-state index in [0.29, 0.717) is 17.9 Å². The van der Waals surface area contributed by atoms with Crippen molar-refractivity contribution in [1.82, 2.24) is 19.1 Å². The number of aromatic nitrogens is 3. The molecular weight excluding hydrogens is 344 g/mol. The number of benzene rings is 1. The third-order valence-electron chi connectivity index (χ3n) is 4.61. The first-order valence-corrected chi connectivity index (χ1v) is 9.12. The maximum Gasteiger partial charge on any atom is 0.345 e. The molecule has 0 bridgehead atoms. The predicted molar refractivity (Wildman–Crippen MR) is 104 cm³/mol. The molecule has 0 aliphatic heterocycles. The van der Waals surface area contributed by atoms with E-state index in [1.54, 1.807) is 23.9 Å². The van der Waals surface area contributed by atoms with Crippen LogP contribution in [0.4, 0.5) is 0 Å². The van der Waals surface area contributed by atoms with E-state index in [4.69, 9.17) is 4.74 Å². The molecule has 2 aromatic heterocycles. The van der Waals surface area contributed by atoms with Gasteiger partial charge in [-0.1, -0.05) is 32.0 Å². The molecule has 142 valence electrons. The number of para-hydroxylation sites is 1. The molecule has 0 N–H and O–H groups in total. The van der Waals surface area contributed by atoms with Crippen LogP contribution in [0, 0.1) is 6.92 Å². The molecule has 0 fully saturated rings. The van der Waals surface area contributed by atoms with Crippen LogP contribution in [0.1, 0.15) is 29.9 Å². The van der Waals surface area contributed by atoms with Gasteiger partial charge in [-0.25, -0.2) is 9.78 Å². The zero-order chi connectivity index (χ0) is 19.4. The normalized spacial score (nSPS) is 11.3. The summed E-state index contributed by atoms with van der Waals surface area (Å²) in [7, 11) is 0. The monoisotopic (exact) mass is 368 g/mol. The molecule has 3 rings (SSSR count). The minimum Gasteiger partial charge on any atom is -0.461 e. The molecule has 2 heterocycles. The second kappa shape index (κ2) is 8.18. The van der Waals surface area contributed by atoms with Crippen LogP contribution in [0.15, 0.2) is 47.4 Å². The van der Waals surface area contributed by atoms with Crippen molar-refractivity contribution in [3.8, 4) is 5.69 Å². The Morgan fingerprint density at radius 3 is 2.52 bits per heavy atom. The number of carbonyl (C=O) groups excluding carboxylic acids is 1. The molecule has 0 saturated carbocycles. The van der Waals surface area contributed by atoms with Crippen molar-refractivity contribution in [3.63, 3.8) is 0 Å². The van der Waals surface area contributed by atoms with Crippen molar-refractivity contribution >= 4 is 11.6 Å². The van der Waals surface area contributed by atoms with Crippen molar-refractivity contribution in [1.29, 1.82) is 0 Å². The van der Waals surface area contributed by atoms with E-state index in [-0.39, 0.29) is 12.2 Å². The number of carbonyl (C=O) groups is 1. The summed E-state index contributed by atoms with van der Waals surface area (Å²) in [5, 5.41) is 0. The SMILES string of the molecule is CCN(CC)CCOC(=O)c1c(C)nc2ccn(-c3ccccc3)n2c1=O. The summed E-state index contributed by atoms with van der Waals surface area (Å²) in [6.07, 6.45) is 1.76. The summed E-state index contributed by atoms with van der Waals surface area (Å²) >= 11 is 0. The van der Waals surface area contributed by atoms with E-state index in [9.17, 15) is 9.59 Å². The topological polar surface area (TPSA) is 68.8 Å². The predicted octanol–water partition coefficient (Wildman–Crippen LogP) is 2.29. The summed E-state index contributed by atoms with van der Waals surface area (Å²) in [4.78, 5) is 32.2. The summed E-state index contributed by atoms with van der Waals surface area (Å²) < 4.78 is 8.42. The Balaban J connectivity index is 1.94. The molecule has 1 aromatic carbocycles. The highest BCUT2D eigenvalue weighted by atomic mass is 16.5. The number of aryl methyl sites for hydroxylation is 1. The lowest BCUT2D eigenvalue weighted by atomic mass is 10.2. The molecule has 7 nitrogen and oxygen atoms in total. The van der Waals surface area contributed by atoms with Crippen molar-refractivity contribution in [2.24, 2.45) is 0 Å². The van der Waals surface area contributed by atoms with E-state index in [1.165, 1.54) is 4.52 Å². The molecule has 0 radical (unpaired) electrons. The number of fused-ring (bicyclic) bond motifs is 1. The molecule has 27 heavy (non-hydrogen) atoms. The van der Waals surface area contributed by atoms with Crippen LogP contribution in [0.5, 0.6) is 0 Å². The molecule has 0 saturated heterocycles. The fourth-order valence-electron chi connectivity index (χ4n) is 3.06. The smallest absolute Gasteiger partial charge is 0.345 e. The van der Waals surface area contributed by atoms with Crippen LogP contribution in [-0.4, -0.2) is 51.3 Å². The van der Waals surface area contributed by atoms with Gasteiger partial charge in [-0.15, -0.1) is 0 Å². The van der Waals surface area contributed by atoms with Crippen molar-refractivity contribution in [3.05, 3.63) is 64.2 Å². The Morgan fingerprint density at radius 2 is 1.85 bits per heavy atom. The Hall–Kier alpha value is -2.93. The Bertz CT molecular complexity index is 988. The summed E-state index contributed by atoms with van der Waals surface area (Å²) in [6.45, 7) is 8.40. The zero-order valence-electron chi connectivity index (χ0n) is 15.9. The Morgan fingerprint density at radius 1 is 1.15 bits per heavy atom. The van der Waals surface area contributed by atoms with Gasteiger partial charge in [-0.2, -0.15) is 4.52 Å². The lowest BCUT2D eigenvalue weighted by Crippen LogP contribution is -2.31. The Kier molecular flexibility index (Phi) is 5.71. The van der Waals surface area contributed by atoms with Gasteiger partial charge in [0.05, 0.1) is 11.4 Å². The van der Waals surface area contributed by atoms with Crippen LogP contribution in [0.3, 0.4) is 0 Å². The summed E-state index contributed by atoms with van der Waals surface area (Å²) in [6, 6.07) is 11.2. The van der Waals surface area contributed by atoms with Gasteiger partial charge in [0.2, 0.25) is 0 Å². The van der Waals surface area contributed by atoms with E-state index in [0.717, 1.165) is 18.8 Å². The first-order valence-electron chi connectivity index (χ1n) is 9.12. The van der Waals surface area contributed by atoms with Gasteiger partial charge in [0, 0.05) is 18.8 Å². The van der Waals surface area contributed by atoms with Crippen LogP contribution < -0.4 is 5.56 Å². The van der Waals surface area contributed by atoms with Gasteiger partial charge in [0.15, 0.2) is 5.65 Å². The minimum atomic E-state index is -0.632. The molecule has 0 unspecified atom stereocenters. The van der Waals surface area contributed by atoms with Gasteiger partial charge >= 0.3 is 5.97 Å². The first kappa shape index (κ1) is 18.8. The number of hydrogen-bond donors (Lipinski definition) is 0. The van der Waals surface area contributed by atoms with E-state index >= 15 is 0 Å². The van der Waals surface area contributed by atoms with E-state index < -0.39 is 11.5 Å². The van der Waals surface area contributed by atoms with E-state index in [2.05, 4.69) is 23.7 Å². The maximum absolute atomic E-state index is 13.0. The number of esters is 1. The van der Waals surface area contributed by atoms with Crippen molar-refractivity contribution < 1.29 is 9.53 Å². The highest BCUT2D eigenvalue weighted by Crippen LogP contribution is 2.11. The number of ether oxygens (including phenoxy) is 1. The quantitative estimate of drug-likeness (QED) is 0.599. The molecular formula is C20H24N4O3. The second-order valence-electron chi connectivity index (χ2n) is 6.21. The molecule has 7 heteroatoms. The van der Waals surface area contributed by atoms with Crippen molar-refractivity contribution in [2.45, 2.75) is 20.8 Å². The molecule has 0 aliphatic rings. The third kappa shape index (κ3) is 3.78. The van der Waals surface area contributed by atoms with Crippen LogP contribution in [0.2, 0.25) is 0 Å². The van der Waals surface area contributed by atoms with Gasteiger partial charge in [0.1, 0.15) is 12.2 Å². The number of hydrogen-bond acceptors (Lipinski definition) is 5. The molecule has 3 aromatic rings. The summed E-state index contributed by atoms with van der Waals surface area (Å²) in [5.41, 5.74) is 1.21. The second-order valence-corrected chi connectivity index (χ2v) is 6.21. The number of nitrogens with zero attached hydrogens (tertiary/aromatic N) is 4. The lowest BCUT2D eigenvalue weighted by Gasteiger charge is -2.17. The maximum atomic E-state index is 13.0. The van der Waals surface area contributed by atoms with Crippen LogP contribution in [0.25, 0.3) is 11.3 Å². The highest BCUT2D eigenvalue weighted by Gasteiger charge is 2.21. The largest absolute Gasteiger partial charge is 0.461 e. The van der Waals surface area contributed by atoms with Gasteiger partial charge in [-0.05, 0) is 32.1 Å². The van der Waals surface area contributed by atoms with Gasteiger partial charge in [-0.3, -0.25) is 9.48 Å². The standard InChI is InChI=1S/C20H24N4O3/c1-4-22(5-2)13-14-27-20(26)18-15(3)21-17-11-12-23(24(17)19(18)25)16-9-7-6-8-10-16/h6-12H,4-5,13-14H2,1-3H3. The van der Waals surface area contributed by atoms with Gasteiger partial charge < -0.3 is 9.64 Å². The average molecular weight is 368 g/mol. The first-order chi connectivity index (χ1) is 13.1. The lowest BCUT2D eigenvalue weighted by molar-refractivity contribution is 0.0462. The number of rotatable bonds is 7. The number of likely N-dealkylation sites (N-methyl/N-ethyl adjacent to an activating group) is 1. The third-order valence-corrected chi connectivity index (χ3v) is 4.61. The fourth-order valence-corrected chi connectivity index (χ4v) is 3.06. The molecule has 0 spiro atoms. The van der Waals surface area contributed by atoms with Crippen LogP contribution >= 0.6 is 0 Å². The average Bonchev–Trinajstić information content (AvgIpc) is 3.10. The van der Waals surface area contributed by atoms with E-state index in [1.807, 2.05) is 30.3 Å². The van der Waals surface area contributed by atoms with Crippen molar-refractivity contribution in [2.75, 3.05) is 26.2 Å². The minimum absolute atomic E-state index is 0.0251. The molecule has 0 amide bonds. The summed E-state index contributed by atoms with van der Waals surface area (Å²) in [5.74, 6) is -0.632. The molecule has 0 aliphatic carbocycles.